The topological polar surface area (TPSA) is 87.7 Å². The van der Waals surface area contributed by atoms with Gasteiger partial charge in [0, 0.05) is 19.2 Å². The standard InChI is InChI=1S/C27H41N3O4/c1-9-11-14-17-28-24(31)23(21-16-13-12-15-20(21)10-2)30(8)25(32)22(18-19(3)4)29-26(33)34-27(5,6)7/h2,12-13,15-16,19,22-23H,9,11,14,17-18H2,1,3-8H3,(H,28,31)(H,29,33). The van der Waals surface area contributed by atoms with Gasteiger partial charge in [0.2, 0.25) is 11.8 Å². The second-order valence-corrected chi connectivity index (χ2v) is 9.91. The Balaban J connectivity index is 3.26. The Kier molecular flexibility index (Phi) is 11.6. The van der Waals surface area contributed by atoms with Crippen molar-refractivity contribution in [2.75, 3.05) is 13.6 Å². The third-order valence-corrected chi connectivity index (χ3v) is 5.17. The van der Waals surface area contributed by atoms with Gasteiger partial charge in [-0.2, -0.15) is 0 Å². The molecule has 0 fully saturated rings. The summed E-state index contributed by atoms with van der Waals surface area (Å²) in [5, 5.41) is 5.64. The van der Waals surface area contributed by atoms with Crippen LogP contribution in [0.4, 0.5) is 4.79 Å². The number of nitrogens with zero attached hydrogens (tertiary/aromatic N) is 1. The van der Waals surface area contributed by atoms with Crippen molar-refractivity contribution in [3.8, 4) is 12.3 Å². The summed E-state index contributed by atoms with van der Waals surface area (Å²) in [7, 11) is 1.57. The van der Waals surface area contributed by atoms with Gasteiger partial charge in [-0.3, -0.25) is 9.59 Å². The summed E-state index contributed by atoms with van der Waals surface area (Å²) in [6.07, 6.45) is 8.29. The van der Waals surface area contributed by atoms with Gasteiger partial charge < -0.3 is 20.3 Å². The maximum absolute atomic E-state index is 13.6. The summed E-state index contributed by atoms with van der Waals surface area (Å²) in [6, 6.07) is 5.30. The number of carbonyl (C=O) groups excluding carboxylic acids is 3. The number of alkyl carbamates (subject to hydrolysis) is 1. The predicted molar refractivity (Wildman–Crippen MR) is 135 cm³/mol. The molecular weight excluding hydrogens is 430 g/mol. The number of hydrogen-bond acceptors (Lipinski definition) is 4. The van der Waals surface area contributed by atoms with Crippen LogP contribution < -0.4 is 10.6 Å². The van der Waals surface area contributed by atoms with Crippen LogP contribution in [-0.2, 0) is 14.3 Å². The van der Waals surface area contributed by atoms with E-state index >= 15 is 0 Å². The Morgan fingerprint density at radius 1 is 1.15 bits per heavy atom. The van der Waals surface area contributed by atoms with E-state index < -0.39 is 23.8 Å². The van der Waals surface area contributed by atoms with Gasteiger partial charge in [0.1, 0.15) is 17.7 Å². The van der Waals surface area contributed by atoms with Crippen molar-refractivity contribution in [2.45, 2.75) is 84.9 Å². The Hall–Kier alpha value is -3.01. The largest absolute Gasteiger partial charge is 0.444 e. The minimum atomic E-state index is -0.934. The van der Waals surface area contributed by atoms with E-state index in [0.717, 1.165) is 19.3 Å². The molecule has 1 aromatic carbocycles. The molecule has 34 heavy (non-hydrogen) atoms. The minimum Gasteiger partial charge on any atom is -0.444 e. The lowest BCUT2D eigenvalue weighted by Crippen LogP contribution is -2.52. The number of amides is 3. The van der Waals surface area contributed by atoms with Crippen molar-refractivity contribution in [3.05, 3.63) is 35.4 Å². The molecule has 0 saturated heterocycles. The summed E-state index contributed by atoms with van der Waals surface area (Å²) in [4.78, 5) is 40.7. The van der Waals surface area contributed by atoms with E-state index in [1.165, 1.54) is 4.90 Å². The van der Waals surface area contributed by atoms with E-state index in [2.05, 4.69) is 23.5 Å². The molecule has 2 N–H and O–H groups in total. The van der Waals surface area contributed by atoms with Crippen LogP contribution in [0.2, 0.25) is 0 Å². The molecule has 2 atom stereocenters. The lowest BCUT2D eigenvalue weighted by atomic mass is 9.96. The molecule has 0 saturated carbocycles. The van der Waals surface area contributed by atoms with Gasteiger partial charge in [0.15, 0.2) is 0 Å². The molecule has 3 amide bonds. The lowest BCUT2D eigenvalue weighted by Gasteiger charge is -2.32. The fourth-order valence-corrected chi connectivity index (χ4v) is 3.59. The van der Waals surface area contributed by atoms with Crippen LogP contribution in [0.1, 0.15) is 84.4 Å². The summed E-state index contributed by atoms with van der Waals surface area (Å²) in [5.41, 5.74) is 0.402. The average Bonchev–Trinajstić information content (AvgIpc) is 2.74. The molecule has 188 valence electrons. The zero-order valence-corrected chi connectivity index (χ0v) is 21.7. The first-order valence-electron chi connectivity index (χ1n) is 12.0. The highest BCUT2D eigenvalue weighted by Crippen LogP contribution is 2.25. The van der Waals surface area contributed by atoms with Crippen LogP contribution in [0.5, 0.6) is 0 Å². The van der Waals surface area contributed by atoms with E-state index in [-0.39, 0.29) is 17.7 Å². The number of likely N-dealkylation sites (N-methyl/N-ethyl adjacent to an activating group) is 1. The van der Waals surface area contributed by atoms with Gasteiger partial charge in [0.05, 0.1) is 0 Å². The molecule has 0 bridgehead atoms. The number of ether oxygens (including phenoxy) is 1. The second kappa shape index (κ2) is 13.6. The molecule has 0 aliphatic heterocycles. The van der Waals surface area contributed by atoms with Crippen LogP contribution in [-0.4, -0.2) is 48.0 Å². The molecule has 1 rings (SSSR count). The maximum atomic E-state index is 13.6. The summed E-state index contributed by atoms with van der Waals surface area (Å²) in [5.74, 6) is 2.04. The van der Waals surface area contributed by atoms with Gasteiger partial charge in [-0.1, -0.05) is 57.7 Å². The summed E-state index contributed by atoms with van der Waals surface area (Å²) < 4.78 is 5.36. The number of terminal acetylenes is 1. The third kappa shape index (κ3) is 9.46. The van der Waals surface area contributed by atoms with Crippen molar-refractivity contribution in [1.82, 2.24) is 15.5 Å². The Morgan fingerprint density at radius 2 is 1.79 bits per heavy atom. The highest BCUT2D eigenvalue weighted by molar-refractivity contribution is 5.92. The molecule has 0 aliphatic carbocycles. The predicted octanol–water partition coefficient (Wildman–Crippen LogP) is 4.41. The first kappa shape index (κ1) is 29.0. The van der Waals surface area contributed by atoms with Crippen LogP contribution in [0, 0.1) is 18.3 Å². The van der Waals surface area contributed by atoms with Crippen LogP contribution in [0.25, 0.3) is 0 Å². The fourth-order valence-electron chi connectivity index (χ4n) is 3.59. The van der Waals surface area contributed by atoms with E-state index in [1.807, 2.05) is 13.8 Å². The molecular formula is C27H41N3O4. The molecule has 2 unspecified atom stereocenters. The molecule has 0 radical (unpaired) electrons. The second-order valence-electron chi connectivity index (χ2n) is 9.91. The van der Waals surface area contributed by atoms with Gasteiger partial charge in [-0.25, -0.2) is 4.79 Å². The number of unbranched alkanes of at least 4 members (excludes halogenated alkanes) is 2. The number of benzene rings is 1. The number of hydrogen-bond donors (Lipinski definition) is 2. The van der Waals surface area contributed by atoms with Crippen LogP contribution >= 0.6 is 0 Å². The summed E-state index contributed by atoms with van der Waals surface area (Å²) in [6.45, 7) is 11.8. The van der Waals surface area contributed by atoms with Crippen molar-refractivity contribution in [3.63, 3.8) is 0 Å². The highest BCUT2D eigenvalue weighted by atomic mass is 16.6. The molecule has 0 heterocycles. The number of carbonyl (C=O) groups is 3. The SMILES string of the molecule is C#Cc1ccccc1C(C(=O)NCCCCC)N(C)C(=O)C(CC(C)C)NC(=O)OC(C)(C)C. The van der Waals surface area contributed by atoms with Crippen molar-refractivity contribution in [1.29, 1.82) is 0 Å². The fraction of sp³-hybridized carbons (Fsp3) is 0.593. The number of nitrogens with one attached hydrogen (secondary N) is 2. The Labute approximate surface area is 205 Å². The number of rotatable bonds is 11. The van der Waals surface area contributed by atoms with Gasteiger partial charge >= 0.3 is 6.09 Å². The first-order chi connectivity index (χ1) is 15.9. The summed E-state index contributed by atoms with van der Waals surface area (Å²) >= 11 is 0. The highest BCUT2D eigenvalue weighted by Gasteiger charge is 2.35. The molecule has 7 nitrogen and oxygen atoms in total. The molecule has 1 aromatic rings. The van der Waals surface area contributed by atoms with E-state index in [1.54, 1.807) is 52.1 Å². The zero-order valence-electron chi connectivity index (χ0n) is 21.7. The van der Waals surface area contributed by atoms with Crippen molar-refractivity contribution < 1.29 is 19.1 Å². The third-order valence-electron chi connectivity index (χ3n) is 5.17. The van der Waals surface area contributed by atoms with Crippen LogP contribution in [0.15, 0.2) is 24.3 Å². The average molecular weight is 472 g/mol. The molecule has 0 spiro atoms. The van der Waals surface area contributed by atoms with E-state index in [0.29, 0.717) is 24.1 Å². The molecule has 7 heteroatoms. The van der Waals surface area contributed by atoms with Crippen molar-refractivity contribution in [2.24, 2.45) is 5.92 Å². The minimum absolute atomic E-state index is 0.122. The van der Waals surface area contributed by atoms with E-state index in [4.69, 9.17) is 11.2 Å². The van der Waals surface area contributed by atoms with E-state index in [9.17, 15) is 14.4 Å². The van der Waals surface area contributed by atoms with Crippen LogP contribution in [0.3, 0.4) is 0 Å². The molecule has 0 aromatic heterocycles. The maximum Gasteiger partial charge on any atom is 0.408 e. The zero-order chi connectivity index (χ0) is 25.9. The smallest absolute Gasteiger partial charge is 0.408 e. The van der Waals surface area contributed by atoms with Gasteiger partial charge in [-0.15, -0.1) is 6.42 Å². The normalized spacial score (nSPS) is 12.9. The monoisotopic (exact) mass is 471 g/mol. The van der Waals surface area contributed by atoms with Gasteiger partial charge in [0.25, 0.3) is 0 Å². The molecule has 0 aliphatic rings. The lowest BCUT2D eigenvalue weighted by molar-refractivity contribution is -0.141. The quantitative estimate of drug-likeness (QED) is 0.370. The Morgan fingerprint density at radius 3 is 2.35 bits per heavy atom. The van der Waals surface area contributed by atoms with Crippen molar-refractivity contribution >= 4 is 17.9 Å². The Bertz CT molecular complexity index is 867. The first-order valence-corrected chi connectivity index (χ1v) is 12.0. The van der Waals surface area contributed by atoms with Gasteiger partial charge in [-0.05, 0) is 51.2 Å².